The number of nitrogens with two attached hydrogens (primary N) is 1. The summed E-state index contributed by atoms with van der Waals surface area (Å²) in [5.74, 6) is -1.09. The monoisotopic (exact) mass is 336 g/mol. The minimum Gasteiger partial charge on any atom is -0.351 e. The lowest BCUT2D eigenvalue weighted by Crippen LogP contribution is -2.51. The molecule has 0 radical (unpaired) electrons. The molecule has 4 amide bonds. The van der Waals surface area contributed by atoms with Crippen molar-refractivity contribution in [2.75, 3.05) is 18.4 Å². The molecule has 0 saturated carbocycles. The lowest BCUT2D eigenvalue weighted by atomic mass is 9.94. The molecule has 0 spiro atoms. The number of primary amides is 1. The van der Waals surface area contributed by atoms with Gasteiger partial charge in [0.25, 0.3) is 0 Å². The number of hydrogen-bond acceptors (Lipinski definition) is 4. The number of carbonyl (C=O) groups excluding carboxylic acids is 3. The molecule has 2 rings (SSSR count). The molecule has 1 aromatic rings. The predicted molar refractivity (Wildman–Crippen MR) is 86.5 cm³/mol. The Morgan fingerprint density at radius 1 is 1.21 bits per heavy atom. The van der Waals surface area contributed by atoms with Gasteiger partial charge < -0.3 is 11.1 Å². The second-order valence-corrected chi connectivity index (χ2v) is 5.84. The third-order valence-corrected chi connectivity index (χ3v) is 4.19. The molecule has 0 aromatic heterocycles. The zero-order valence-corrected chi connectivity index (χ0v) is 13.4. The van der Waals surface area contributed by atoms with E-state index in [4.69, 9.17) is 5.73 Å². The molecule has 1 fully saturated rings. The van der Waals surface area contributed by atoms with Gasteiger partial charge >= 0.3 is 6.03 Å². The largest absolute Gasteiger partial charge is 0.351 e. The second-order valence-electron chi connectivity index (χ2n) is 5.84. The minimum absolute atomic E-state index is 0.115. The molecule has 24 heavy (non-hydrogen) atoms. The van der Waals surface area contributed by atoms with Gasteiger partial charge in [0.05, 0.1) is 6.04 Å². The number of anilines is 1. The smallest absolute Gasteiger partial charge is 0.318 e. The van der Waals surface area contributed by atoms with Crippen LogP contribution < -0.4 is 16.4 Å². The van der Waals surface area contributed by atoms with Crippen LogP contribution in [0, 0.1) is 11.7 Å². The number of imide groups is 1. The summed E-state index contributed by atoms with van der Waals surface area (Å²) in [5, 5.41) is 4.83. The van der Waals surface area contributed by atoms with Crippen LogP contribution in [0.1, 0.15) is 19.8 Å². The molecular weight excluding hydrogens is 315 g/mol. The van der Waals surface area contributed by atoms with Crippen LogP contribution in [-0.4, -0.2) is 41.9 Å². The first-order valence-corrected chi connectivity index (χ1v) is 7.77. The Morgan fingerprint density at radius 3 is 2.33 bits per heavy atom. The molecular formula is C16H21FN4O3. The molecule has 130 valence electrons. The fourth-order valence-electron chi connectivity index (χ4n) is 2.72. The van der Waals surface area contributed by atoms with E-state index in [0.29, 0.717) is 31.6 Å². The van der Waals surface area contributed by atoms with E-state index in [9.17, 15) is 18.8 Å². The molecule has 1 aliphatic rings. The lowest BCUT2D eigenvalue weighted by Gasteiger charge is -2.34. The fourth-order valence-corrected chi connectivity index (χ4v) is 2.72. The summed E-state index contributed by atoms with van der Waals surface area (Å²) in [5.41, 5.74) is 5.49. The number of hydrogen-bond donors (Lipinski definition) is 3. The topological polar surface area (TPSA) is 105 Å². The minimum atomic E-state index is -0.875. The van der Waals surface area contributed by atoms with Gasteiger partial charge in [-0.1, -0.05) is 0 Å². The Morgan fingerprint density at radius 2 is 1.79 bits per heavy atom. The van der Waals surface area contributed by atoms with Crippen molar-refractivity contribution in [2.24, 2.45) is 11.7 Å². The van der Waals surface area contributed by atoms with Crippen LogP contribution in [0.3, 0.4) is 0 Å². The molecule has 0 bridgehead atoms. The molecule has 1 saturated heterocycles. The first-order chi connectivity index (χ1) is 11.4. The van der Waals surface area contributed by atoms with E-state index in [1.165, 1.54) is 24.3 Å². The molecule has 1 atom stereocenters. The van der Waals surface area contributed by atoms with Gasteiger partial charge in [-0.3, -0.25) is 19.8 Å². The average Bonchev–Trinajstić information content (AvgIpc) is 2.55. The number of likely N-dealkylation sites (tertiary alicyclic amines) is 1. The Balaban J connectivity index is 1.83. The number of urea groups is 1. The number of nitrogens with zero attached hydrogens (tertiary/aromatic N) is 1. The van der Waals surface area contributed by atoms with Crippen LogP contribution in [0.2, 0.25) is 0 Å². The summed E-state index contributed by atoms with van der Waals surface area (Å²) in [6.45, 7) is 2.82. The maximum absolute atomic E-state index is 12.9. The molecule has 1 heterocycles. The third-order valence-electron chi connectivity index (χ3n) is 4.19. The average molecular weight is 336 g/mol. The first kappa shape index (κ1) is 17.9. The summed E-state index contributed by atoms with van der Waals surface area (Å²) in [7, 11) is 0. The molecule has 0 aliphatic carbocycles. The Labute approximate surface area is 139 Å². The van der Waals surface area contributed by atoms with E-state index in [-0.39, 0.29) is 17.6 Å². The Kier molecular flexibility index (Phi) is 5.86. The van der Waals surface area contributed by atoms with E-state index in [1.807, 2.05) is 4.90 Å². The van der Waals surface area contributed by atoms with Gasteiger partial charge in [-0.15, -0.1) is 0 Å². The normalized spacial score (nSPS) is 17.1. The van der Waals surface area contributed by atoms with Crippen molar-refractivity contribution >= 4 is 23.5 Å². The van der Waals surface area contributed by atoms with E-state index in [0.717, 1.165) is 0 Å². The van der Waals surface area contributed by atoms with Gasteiger partial charge in [0.2, 0.25) is 11.8 Å². The van der Waals surface area contributed by atoms with Crippen LogP contribution in [0.4, 0.5) is 14.9 Å². The summed E-state index contributed by atoms with van der Waals surface area (Å²) in [4.78, 5) is 36.6. The summed E-state index contributed by atoms with van der Waals surface area (Å²) < 4.78 is 12.9. The van der Waals surface area contributed by atoms with Crippen LogP contribution in [0.15, 0.2) is 24.3 Å². The summed E-state index contributed by atoms with van der Waals surface area (Å²) in [6, 6.07) is 4.24. The maximum atomic E-state index is 12.9. The van der Waals surface area contributed by atoms with Crippen molar-refractivity contribution < 1.29 is 18.8 Å². The van der Waals surface area contributed by atoms with Crippen LogP contribution >= 0.6 is 0 Å². The first-order valence-electron chi connectivity index (χ1n) is 7.77. The number of nitrogens with one attached hydrogen (secondary N) is 2. The van der Waals surface area contributed by atoms with Gasteiger partial charge in [0, 0.05) is 11.6 Å². The highest BCUT2D eigenvalue weighted by molar-refractivity contribution is 5.96. The van der Waals surface area contributed by atoms with Crippen molar-refractivity contribution in [3.05, 3.63) is 30.1 Å². The quantitative estimate of drug-likeness (QED) is 0.764. The van der Waals surface area contributed by atoms with Gasteiger partial charge in [-0.05, 0) is 57.1 Å². The number of rotatable bonds is 4. The number of amides is 4. The van der Waals surface area contributed by atoms with Crippen LogP contribution in [-0.2, 0) is 9.59 Å². The van der Waals surface area contributed by atoms with Crippen molar-refractivity contribution in [1.82, 2.24) is 10.2 Å². The number of halogens is 1. The standard InChI is InChI=1S/C16H21FN4O3/c1-10(14(22)20-16(18)24)21-8-6-11(7-9-21)15(23)19-13-4-2-12(17)3-5-13/h2-5,10-11H,6-9H2,1H3,(H,19,23)(H3,18,20,22,24)/t10-/m1/s1. The second kappa shape index (κ2) is 7.87. The Hall–Kier alpha value is -2.48. The van der Waals surface area contributed by atoms with Gasteiger partial charge in [-0.25, -0.2) is 9.18 Å². The van der Waals surface area contributed by atoms with E-state index >= 15 is 0 Å². The van der Waals surface area contributed by atoms with E-state index in [2.05, 4.69) is 10.6 Å². The van der Waals surface area contributed by atoms with Crippen molar-refractivity contribution in [1.29, 1.82) is 0 Å². The lowest BCUT2D eigenvalue weighted by molar-refractivity contribution is -0.126. The number of piperidine rings is 1. The zero-order valence-electron chi connectivity index (χ0n) is 13.4. The van der Waals surface area contributed by atoms with Crippen molar-refractivity contribution in [3.63, 3.8) is 0 Å². The van der Waals surface area contributed by atoms with Gasteiger partial charge in [-0.2, -0.15) is 0 Å². The van der Waals surface area contributed by atoms with E-state index in [1.54, 1.807) is 6.92 Å². The predicted octanol–water partition coefficient (Wildman–Crippen LogP) is 1.06. The zero-order chi connectivity index (χ0) is 17.7. The SMILES string of the molecule is C[C@H](C(=O)NC(N)=O)N1CCC(C(=O)Nc2ccc(F)cc2)CC1. The Bertz CT molecular complexity index is 612. The molecule has 1 aliphatic heterocycles. The molecule has 7 nitrogen and oxygen atoms in total. The number of benzene rings is 1. The van der Waals surface area contributed by atoms with Crippen molar-refractivity contribution in [3.8, 4) is 0 Å². The van der Waals surface area contributed by atoms with Crippen LogP contribution in [0.25, 0.3) is 0 Å². The molecule has 1 aromatic carbocycles. The summed E-state index contributed by atoms with van der Waals surface area (Å²) in [6.07, 6.45) is 1.20. The molecule has 4 N–H and O–H groups in total. The maximum Gasteiger partial charge on any atom is 0.318 e. The van der Waals surface area contributed by atoms with Gasteiger partial charge in [0.15, 0.2) is 0 Å². The van der Waals surface area contributed by atoms with Gasteiger partial charge in [0.1, 0.15) is 5.82 Å². The highest BCUT2D eigenvalue weighted by atomic mass is 19.1. The fraction of sp³-hybridized carbons (Fsp3) is 0.438. The van der Waals surface area contributed by atoms with E-state index < -0.39 is 18.0 Å². The highest BCUT2D eigenvalue weighted by Crippen LogP contribution is 2.21. The highest BCUT2D eigenvalue weighted by Gasteiger charge is 2.30. The van der Waals surface area contributed by atoms with Crippen molar-refractivity contribution in [2.45, 2.75) is 25.8 Å². The number of carbonyl (C=O) groups is 3. The third kappa shape index (κ3) is 4.76. The van der Waals surface area contributed by atoms with Crippen LogP contribution in [0.5, 0.6) is 0 Å². The molecule has 8 heteroatoms. The molecule has 0 unspecified atom stereocenters. The summed E-state index contributed by atoms with van der Waals surface area (Å²) >= 11 is 0.